The first kappa shape index (κ1) is 15.1. The number of amides is 2. The number of hydrogen-bond donors (Lipinski definition) is 3. The van der Waals surface area contributed by atoms with Crippen LogP contribution in [0.15, 0.2) is 39.4 Å². The number of carbonyl (C=O) groups is 2. The minimum atomic E-state index is -0.499. The van der Waals surface area contributed by atoms with Crippen LogP contribution in [0.2, 0.25) is 5.02 Å². The second-order valence-electron chi connectivity index (χ2n) is 3.76. The molecule has 3 N–H and O–H groups in total. The van der Waals surface area contributed by atoms with Gasteiger partial charge in [-0.15, -0.1) is 0 Å². The van der Waals surface area contributed by atoms with E-state index < -0.39 is 11.8 Å². The molecule has 0 radical (unpaired) electrons. The number of hydrazine groups is 1. The summed E-state index contributed by atoms with van der Waals surface area (Å²) >= 11 is 12.4. The smallest absolute Gasteiger partial charge is 0.286 e. The third-order valence-corrected chi connectivity index (χ3v) is 3.62. The number of carbonyl (C=O) groups excluding carboxylic acids is 2. The molecule has 0 spiro atoms. The van der Waals surface area contributed by atoms with Crippen LogP contribution in [0.1, 0.15) is 20.8 Å². The average Bonchev–Trinajstić information content (AvgIpc) is 2.82. The van der Waals surface area contributed by atoms with E-state index in [2.05, 4.69) is 47.7 Å². The number of halogens is 3. The van der Waals surface area contributed by atoms with Crippen molar-refractivity contribution in [1.82, 2.24) is 15.8 Å². The predicted octanol–water partition coefficient (Wildman–Crippen LogP) is 3.27. The zero-order valence-corrected chi connectivity index (χ0v) is 13.8. The lowest BCUT2D eigenvalue weighted by Crippen LogP contribution is -2.41. The van der Waals surface area contributed by atoms with Gasteiger partial charge in [-0.25, -0.2) is 0 Å². The number of aromatic amines is 1. The number of rotatable bonds is 2. The molecule has 0 atom stereocenters. The Labute approximate surface area is 136 Å². The van der Waals surface area contributed by atoms with E-state index in [0.717, 1.165) is 8.95 Å². The summed E-state index contributed by atoms with van der Waals surface area (Å²) < 4.78 is 1.50. The first-order valence-electron chi connectivity index (χ1n) is 5.37. The van der Waals surface area contributed by atoms with Crippen molar-refractivity contribution in [3.63, 3.8) is 0 Å². The molecule has 0 aliphatic carbocycles. The van der Waals surface area contributed by atoms with Crippen LogP contribution in [0.5, 0.6) is 0 Å². The second kappa shape index (κ2) is 6.43. The molecule has 0 unspecified atom stereocenters. The van der Waals surface area contributed by atoms with Crippen LogP contribution in [0.4, 0.5) is 0 Å². The van der Waals surface area contributed by atoms with Gasteiger partial charge in [0.25, 0.3) is 11.8 Å². The Bertz CT molecular complexity index is 672. The molecule has 2 rings (SSSR count). The van der Waals surface area contributed by atoms with E-state index in [1.807, 2.05) is 0 Å². The van der Waals surface area contributed by atoms with Gasteiger partial charge in [0.1, 0.15) is 5.69 Å². The summed E-state index contributed by atoms with van der Waals surface area (Å²) in [6.07, 6.45) is 1.61. The van der Waals surface area contributed by atoms with E-state index in [9.17, 15) is 9.59 Å². The minimum absolute atomic E-state index is 0.267. The van der Waals surface area contributed by atoms with Crippen molar-refractivity contribution in [3.8, 4) is 0 Å². The van der Waals surface area contributed by atoms with Gasteiger partial charge in [0, 0.05) is 15.1 Å². The predicted molar refractivity (Wildman–Crippen MR) is 82.6 cm³/mol. The lowest BCUT2D eigenvalue weighted by Gasteiger charge is -2.07. The Hall–Kier alpha value is -1.31. The van der Waals surface area contributed by atoms with Crippen molar-refractivity contribution in [2.45, 2.75) is 0 Å². The van der Waals surface area contributed by atoms with E-state index in [0.29, 0.717) is 5.69 Å². The van der Waals surface area contributed by atoms with Crippen LogP contribution in [0.3, 0.4) is 0 Å². The lowest BCUT2D eigenvalue weighted by atomic mass is 10.2. The highest BCUT2D eigenvalue weighted by atomic mass is 79.9. The van der Waals surface area contributed by atoms with Crippen LogP contribution in [0, 0.1) is 0 Å². The molecule has 20 heavy (non-hydrogen) atoms. The molecule has 104 valence electrons. The second-order valence-corrected chi connectivity index (χ2v) is 6.00. The van der Waals surface area contributed by atoms with Gasteiger partial charge in [-0.05, 0) is 40.2 Å². The summed E-state index contributed by atoms with van der Waals surface area (Å²) in [5.41, 5.74) is 5.17. The summed E-state index contributed by atoms with van der Waals surface area (Å²) in [5, 5.41) is 0.286. The van der Waals surface area contributed by atoms with Gasteiger partial charge < -0.3 is 4.98 Å². The largest absolute Gasteiger partial charge is 0.356 e. The van der Waals surface area contributed by atoms with Crippen molar-refractivity contribution < 1.29 is 9.59 Å². The van der Waals surface area contributed by atoms with E-state index in [-0.39, 0.29) is 10.6 Å². The molecule has 8 heteroatoms. The van der Waals surface area contributed by atoms with E-state index >= 15 is 0 Å². The Morgan fingerprint density at radius 3 is 2.35 bits per heavy atom. The molecule has 1 aromatic carbocycles. The highest BCUT2D eigenvalue weighted by Crippen LogP contribution is 2.21. The summed E-state index contributed by atoms with van der Waals surface area (Å²) in [5.74, 6) is -0.959. The molecule has 0 aliphatic rings. The molecule has 5 nitrogen and oxygen atoms in total. The normalized spacial score (nSPS) is 10.2. The zero-order chi connectivity index (χ0) is 14.7. The number of hydrogen-bond acceptors (Lipinski definition) is 2. The maximum absolute atomic E-state index is 11.9. The van der Waals surface area contributed by atoms with Gasteiger partial charge in [0.15, 0.2) is 0 Å². The standard InChI is InChI=1S/C12H8Br2ClN3O2/c13-6-1-2-8(9(15)3-6)11(19)17-18-12(20)10-4-7(14)5-16-10/h1-5,16H,(H,17,19)(H,18,20). The molecular formula is C12H8Br2ClN3O2. The van der Waals surface area contributed by atoms with Gasteiger partial charge in [-0.2, -0.15) is 0 Å². The van der Waals surface area contributed by atoms with Crippen LogP contribution in [-0.4, -0.2) is 16.8 Å². The third kappa shape index (κ3) is 3.62. The summed E-state index contributed by atoms with van der Waals surface area (Å²) in [6.45, 7) is 0. The molecule has 1 heterocycles. The summed E-state index contributed by atoms with van der Waals surface area (Å²) in [4.78, 5) is 26.3. The fourth-order valence-electron chi connectivity index (χ4n) is 1.42. The van der Waals surface area contributed by atoms with E-state index in [1.165, 1.54) is 0 Å². The molecule has 2 aromatic rings. The molecule has 0 bridgehead atoms. The van der Waals surface area contributed by atoms with Gasteiger partial charge in [0.05, 0.1) is 10.6 Å². The highest BCUT2D eigenvalue weighted by molar-refractivity contribution is 9.10. The van der Waals surface area contributed by atoms with Gasteiger partial charge >= 0.3 is 0 Å². The van der Waals surface area contributed by atoms with Crippen LogP contribution < -0.4 is 10.9 Å². The molecular weight excluding hydrogens is 413 g/mol. The zero-order valence-electron chi connectivity index (χ0n) is 9.84. The molecule has 2 amide bonds. The van der Waals surface area contributed by atoms with Crippen molar-refractivity contribution in [3.05, 3.63) is 55.7 Å². The fraction of sp³-hybridized carbons (Fsp3) is 0. The number of aromatic nitrogens is 1. The van der Waals surface area contributed by atoms with Crippen molar-refractivity contribution in [2.75, 3.05) is 0 Å². The lowest BCUT2D eigenvalue weighted by molar-refractivity contribution is 0.0844. The molecule has 0 saturated heterocycles. The molecule has 0 saturated carbocycles. The first-order chi connectivity index (χ1) is 9.47. The van der Waals surface area contributed by atoms with Crippen LogP contribution in [-0.2, 0) is 0 Å². The highest BCUT2D eigenvalue weighted by Gasteiger charge is 2.13. The first-order valence-corrected chi connectivity index (χ1v) is 7.33. The van der Waals surface area contributed by atoms with Gasteiger partial charge in [-0.3, -0.25) is 20.4 Å². The van der Waals surface area contributed by atoms with E-state index in [4.69, 9.17) is 11.6 Å². The summed E-state index contributed by atoms with van der Waals surface area (Å²) in [7, 11) is 0. The Morgan fingerprint density at radius 2 is 1.75 bits per heavy atom. The number of nitrogens with one attached hydrogen (secondary N) is 3. The molecule has 1 aromatic heterocycles. The van der Waals surface area contributed by atoms with Gasteiger partial charge in [-0.1, -0.05) is 27.5 Å². The van der Waals surface area contributed by atoms with Gasteiger partial charge in [0.2, 0.25) is 0 Å². The molecule has 0 fully saturated rings. The Balaban J connectivity index is 2.00. The topological polar surface area (TPSA) is 74.0 Å². The van der Waals surface area contributed by atoms with Crippen molar-refractivity contribution >= 4 is 55.3 Å². The maximum atomic E-state index is 11.9. The molecule has 0 aliphatic heterocycles. The SMILES string of the molecule is O=C(NNC(=O)c1ccc(Br)cc1Cl)c1cc(Br)c[nH]1. The van der Waals surface area contributed by atoms with Crippen LogP contribution in [0.25, 0.3) is 0 Å². The third-order valence-electron chi connectivity index (χ3n) is 2.36. The average molecular weight is 421 g/mol. The van der Waals surface area contributed by atoms with Crippen molar-refractivity contribution in [1.29, 1.82) is 0 Å². The number of H-pyrrole nitrogens is 1. The van der Waals surface area contributed by atoms with Crippen LogP contribution >= 0.6 is 43.5 Å². The Kier molecular flexibility index (Phi) is 4.85. The van der Waals surface area contributed by atoms with E-state index in [1.54, 1.807) is 30.5 Å². The Morgan fingerprint density at radius 1 is 1.05 bits per heavy atom. The summed E-state index contributed by atoms with van der Waals surface area (Å²) in [6, 6.07) is 6.43. The maximum Gasteiger partial charge on any atom is 0.286 e. The van der Waals surface area contributed by atoms with Crippen molar-refractivity contribution in [2.24, 2.45) is 0 Å². The minimum Gasteiger partial charge on any atom is -0.356 e. The monoisotopic (exact) mass is 419 g/mol. The fourth-order valence-corrected chi connectivity index (χ4v) is 2.52. The quantitative estimate of drug-likeness (QED) is 0.651. The number of benzene rings is 1.